The zero-order chi connectivity index (χ0) is 13.4. The van der Waals surface area contributed by atoms with E-state index in [-0.39, 0.29) is 12.1 Å². The van der Waals surface area contributed by atoms with E-state index in [1.807, 2.05) is 18.3 Å². The maximum atomic E-state index is 13.8. The number of fused-ring (bicyclic) bond motifs is 1. The summed E-state index contributed by atoms with van der Waals surface area (Å²) < 4.78 is 13.8. The number of quaternary nitrogens is 1. The van der Waals surface area contributed by atoms with Crippen LogP contribution in [0.15, 0.2) is 42.1 Å². The molecule has 1 atom stereocenters. The summed E-state index contributed by atoms with van der Waals surface area (Å²) in [5.41, 5.74) is 6.05. The van der Waals surface area contributed by atoms with Gasteiger partial charge in [0.2, 0.25) is 0 Å². The predicted octanol–water partition coefficient (Wildman–Crippen LogP) is 1.67. The molecule has 1 unspecified atom stereocenters. The third kappa shape index (κ3) is 2.34. The molecule has 1 aliphatic heterocycles. The van der Waals surface area contributed by atoms with Crippen molar-refractivity contribution >= 4 is 22.6 Å². The lowest BCUT2D eigenvalue weighted by Crippen LogP contribution is -2.67. The minimum absolute atomic E-state index is 0.220. The van der Waals surface area contributed by atoms with Crippen molar-refractivity contribution in [2.45, 2.75) is 12.6 Å². The Labute approximate surface area is 114 Å². The van der Waals surface area contributed by atoms with E-state index < -0.39 is 0 Å². The van der Waals surface area contributed by atoms with Crippen LogP contribution in [0.5, 0.6) is 0 Å². The predicted molar refractivity (Wildman–Crippen MR) is 71.9 cm³/mol. The Morgan fingerprint density at radius 1 is 1.47 bits per heavy atom. The highest BCUT2D eigenvalue weighted by Gasteiger charge is 2.16. The molecule has 0 spiro atoms. The minimum Gasteiger partial charge on any atom is -0.346 e. The van der Waals surface area contributed by atoms with Crippen LogP contribution in [0.1, 0.15) is 5.56 Å². The van der Waals surface area contributed by atoms with E-state index in [4.69, 9.17) is 11.6 Å². The van der Waals surface area contributed by atoms with E-state index in [0.29, 0.717) is 17.0 Å². The summed E-state index contributed by atoms with van der Waals surface area (Å²) in [6.45, 7) is 0. The first-order valence-electron chi connectivity index (χ1n) is 5.91. The molecule has 3 heterocycles. The van der Waals surface area contributed by atoms with Crippen LogP contribution in [-0.4, -0.2) is 16.1 Å². The van der Waals surface area contributed by atoms with Gasteiger partial charge in [-0.3, -0.25) is 0 Å². The smallest absolute Gasteiger partial charge is 0.195 e. The fourth-order valence-corrected chi connectivity index (χ4v) is 2.29. The molecular weight excluding hydrogens is 267 g/mol. The van der Waals surface area contributed by atoms with Crippen molar-refractivity contribution < 1.29 is 10.1 Å². The molecule has 0 aromatic carbocycles. The highest BCUT2D eigenvalue weighted by molar-refractivity contribution is 6.31. The number of hydrogen-bond donors (Lipinski definition) is 3. The van der Waals surface area contributed by atoms with Crippen molar-refractivity contribution in [2.24, 2.45) is 0 Å². The van der Waals surface area contributed by atoms with Gasteiger partial charge in [0.05, 0.1) is 5.02 Å². The molecule has 1 aliphatic rings. The molecule has 0 saturated carbocycles. The molecule has 6 heteroatoms. The average molecular weight is 280 g/mol. The van der Waals surface area contributed by atoms with Gasteiger partial charge in [-0.2, -0.15) is 4.39 Å². The Bertz CT molecular complexity index is 689. The SMILES string of the molecule is [NH3+]C1C=CC(Cc2c[nH]c3ncc(Cl)cc23)=C(F)N1. The summed E-state index contributed by atoms with van der Waals surface area (Å²) in [6.07, 6.45) is 7.27. The molecule has 0 aliphatic carbocycles. The highest BCUT2D eigenvalue weighted by Crippen LogP contribution is 2.24. The first kappa shape index (κ1) is 12.2. The van der Waals surface area contributed by atoms with Crippen molar-refractivity contribution in [3.63, 3.8) is 0 Å². The molecule has 0 fully saturated rings. The summed E-state index contributed by atoms with van der Waals surface area (Å²) >= 11 is 5.94. The number of rotatable bonds is 2. The average Bonchev–Trinajstić information content (AvgIpc) is 2.75. The van der Waals surface area contributed by atoms with E-state index in [1.54, 1.807) is 12.3 Å². The van der Waals surface area contributed by atoms with Crippen LogP contribution in [0.3, 0.4) is 0 Å². The van der Waals surface area contributed by atoms with E-state index in [2.05, 4.69) is 21.0 Å². The Balaban J connectivity index is 1.96. The van der Waals surface area contributed by atoms with Gasteiger partial charge in [-0.25, -0.2) is 4.98 Å². The number of H-pyrrole nitrogens is 1. The van der Waals surface area contributed by atoms with E-state index in [1.165, 1.54) is 0 Å². The van der Waals surface area contributed by atoms with Gasteiger partial charge in [0.15, 0.2) is 12.1 Å². The molecule has 2 aromatic rings. The first-order chi connectivity index (χ1) is 9.13. The Hall–Kier alpha value is -1.85. The van der Waals surface area contributed by atoms with Crippen LogP contribution < -0.4 is 11.1 Å². The Morgan fingerprint density at radius 2 is 2.32 bits per heavy atom. The second-order valence-corrected chi connectivity index (χ2v) is 4.93. The molecule has 2 aromatic heterocycles. The molecule has 0 amide bonds. The Kier molecular flexibility index (Phi) is 3.00. The van der Waals surface area contributed by atoms with E-state index in [0.717, 1.165) is 16.6 Å². The molecule has 5 N–H and O–H groups in total. The second kappa shape index (κ2) is 4.68. The van der Waals surface area contributed by atoms with Crippen molar-refractivity contribution in [2.75, 3.05) is 0 Å². The number of pyridine rings is 1. The van der Waals surface area contributed by atoms with Gasteiger partial charge in [0, 0.05) is 29.8 Å². The minimum atomic E-state index is -0.327. The standard InChI is InChI=1S/C13H12ClFN4/c14-9-4-10-8(5-17-13(10)18-6-9)3-7-1-2-11(16)19-12(7)15/h1-2,4-6,11,19H,3,16H2,(H,17,18)/p+1. The summed E-state index contributed by atoms with van der Waals surface area (Å²) in [6, 6.07) is 1.83. The normalized spacial score (nSPS) is 19.0. The quantitative estimate of drug-likeness (QED) is 0.732. The number of nitrogens with zero attached hydrogens (tertiary/aromatic N) is 1. The van der Waals surface area contributed by atoms with Gasteiger partial charge < -0.3 is 16.0 Å². The summed E-state index contributed by atoms with van der Waals surface area (Å²) in [5.74, 6) is -0.327. The van der Waals surface area contributed by atoms with Crippen LogP contribution in [0, 0.1) is 0 Å². The monoisotopic (exact) mass is 279 g/mol. The number of halogens is 2. The van der Waals surface area contributed by atoms with Crippen LogP contribution in [0.2, 0.25) is 5.02 Å². The third-order valence-electron chi connectivity index (χ3n) is 3.09. The lowest BCUT2D eigenvalue weighted by molar-refractivity contribution is -0.411. The third-order valence-corrected chi connectivity index (χ3v) is 3.29. The summed E-state index contributed by atoms with van der Waals surface area (Å²) in [7, 11) is 0. The molecule has 19 heavy (non-hydrogen) atoms. The van der Waals surface area contributed by atoms with Crippen LogP contribution >= 0.6 is 11.6 Å². The van der Waals surface area contributed by atoms with Gasteiger partial charge in [-0.15, -0.1) is 0 Å². The topological polar surface area (TPSA) is 68.3 Å². The zero-order valence-corrected chi connectivity index (χ0v) is 10.8. The lowest BCUT2D eigenvalue weighted by Gasteiger charge is -2.14. The summed E-state index contributed by atoms with van der Waals surface area (Å²) in [5, 5.41) is 4.15. The van der Waals surface area contributed by atoms with Gasteiger partial charge in [0.25, 0.3) is 0 Å². The van der Waals surface area contributed by atoms with Crippen LogP contribution in [0.25, 0.3) is 11.0 Å². The van der Waals surface area contributed by atoms with Crippen LogP contribution in [0.4, 0.5) is 4.39 Å². The number of allylic oxidation sites excluding steroid dienone is 2. The molecule has 0 bridgehead atoms. The van der Waals surface area contributed by atoms with Gasteiger partial charge in [-0.1, -0.05) is 17.7 Å². The number of dihydropyridines is 1. The number of aromatic nitrogens is 2. The number of nitrogens with one attached hydrogen (secondary N) is 2. The molecular formula is C13H13ClFN4+. The Morgan fingerprint density at radius 3 is 3.11 bits per heavy atom. The van der Waals surface area contributed by atoms with Crippen molar-refractivity contribution in [3.8, 4) is 0 Å². The maximum Gasteiger partial charge on any atom is 0.195 e. The number of hydrogen-bond acceptors (Lipinski definition) is 2. The fraction of sp³-hybridized carbons (Fsp3) is 0.154. The molecule has 98 valence electrons. The number of aromatic amines is 1. The molecule has 4 nitrogen and oxygen atoms in total. The molecule has 0 saturated heterocycles. The zero-order valence-electron chi connectivity index (χ0n) is 10.1. The molecule has 0 radical (unpaired) electrons. The lowest BCUT2D eigenvalue weighted by atomic mass is 10.0. The summed E-state index contributed by atoms with van der Waals surface area (Å²) in [4.78, 5) is 7.24. The highest BCUT2D eigenvalue weighted by atomic mass is 35.5. The van der Waals surface area contributed by atoms with E-state index in [9.17, 15) is 4.39 Å². The molecule has 3 rings (SSSR count). The largest absolute Gasteiger partial charge is 0.346 e. The second-order valence-electron chi connectivity index (χ2n) is 4.49. The van der Waals surface area contributed by atoms with Crippen LogP contribution in [-0.2, 0) is 6.42 Å². The maximum absolute atomic E-state index is 13.8. The fourth-order valence-electron chi connectivity index (χ4n) is 2.13. The van der Waals surface area contributed by atoms with Crippen molar-refractivity contribution in [1.82, 2.24) is 15.3 Å². The van der Waals surface area contributed by atoms with Gasteiger partial charge in [-0.05, 0) is 17.7 Å². The van der Waals surface area contributed by atoms with E-state index >= 15 is 0 Å². The first-order valence-corrected chi connectivity index (χ1v) is 6.29. The van der Waals surface area contributed by atoms with Gasteiger partial charge in [0.1, 0.15) is 5.65 Å². The van der Waals surface area contributed by atoms with Crippen molar-refractivity contribution in [1.29, 1.82) is 0 Å². The van der Waals surface area contributed by atoms with Gasteiger partial charge >= 0.3 is 0 Å². The van der Waals surface area contributed by atoms with Crippen molar-refractivity contribution in [3.05, 3.63) is 52.7 Å².